The van der Waals surface area contributed by atoms with Gasteiger partial charge in [0.15, 0.2) is 58.7 Å². The molecule has 0 atom stereocenters. The maximum Gasteiger partial charge on any atom is 0.166 e. The first-order valence-corrected chi connectivity index (χ1v) is 62.0. The first-order chi connectivity index (χ1) is 64.7. The fourth-order valence-corrected chi connectivity index (χ4v) is 35.6. The molecule has 0 unspecified atom stereocenters. The molecule has 2 saturated carbocycles. The lowest BCUT2D eigenvalue weighted by molar-refractivity contribution is 0.0487. The zero-order valence-electron chi connectivity index (χ0n) is 86.6. The first-order valence-electron chi connectivity index (χ1n) is 50.2. The van der Waals surface area contributed by atoms with Crippen LogP contribution in [0.4, 0.5) is 0 Å². The second-order valence-corrected chi connectivity index (χ2v) is 60.8. The van der Waals surface area contributed by atoms with Crippen LogP contribution in [0.2, 0.25) is 0 Å². The third-order valence-electron chi connectivity index (χ3n) is 25.8. The van der Waals surface area contributed by atoms with Crippen LogP contribution in [0.5, 0.6) is 11.5 Å². The summed E-state index contributed by atoms with van der Waals surface area (Å²) in [5, 5.41) is 0. The molecule has 0 spiro atoms. The Morgan fingerprint density at radius 1 is 0.250 bits per heavy atom. The second kappa shape index (κ2) is 50.4. The van der Waals surface area contributed by atoms with Crippen LogP contribution in [0, 0.1) is 0 Å². The Bertz CT molecular complexity index is 5220. The smallest absolute Gasteiger partial charge is 0.166 e. The van der Waals surface area contributed by atoms with E-state index in [0.717, 1.165) is 17.4 Å². The lowest BCUT2D eigenvalue weighted by Gasteiger charge is -2.34. The summed E-state index contributed by atoms with van der Waals surface area (Å²) in [4.78, 5) is 17.0. The van der Waals surface area contributed by atoms with Gasteiger partial charge in [0.25, 0.3) is 0 Å². The van der Waals surface area contributed by atoms with Crippen LogP contribution >= 0.6 is 35.3 Å². The summed E-state index contributed by atoms with van der Waals surface area (Å²) in [6.07, 6.45) is 13.3. The lowest BCUT2D eigenvalue weighted by Crippen LogP contribution is -2.34. The topological polar surface area (TPSA) is 18.5 Å². The molecule has 2 aliphatic carbocycles. The number of rotatable bonds is 16. The minimum Gasteiger partial charge on any atom is -0.488 e. The second-order valence-electron chi connectivity index (χ2n) is 44.2. The van der Waals surface area contributed by atoms with E-state index in [9.17, 15) is 0 Å². The van der Waals surface area contributed by atoms with Crippen molar-refractivity contribution in [3.05, 3.63) is 348 Å². The van der Waals surface area contributed by atoms with E-state index < -0.39 is 0 Å². The lowest BCUT2D eigenvalue weighted by atomic mass is 9.84. The summed E-state index contributed by atoms with van der Waals surface area (Å²) < 4.78 is 12.1. The highest BCUT2D eigenvalue weighted by molar-refractivity contribution is 8.06. The van der Waals surface area contributed by atoms with Crippen LogP contribution < -0.4 is 9.47 Å². The van der Waals surface area contributed by atoms with Crippen LogP contribution in [0.25, 0.3) is 0 Å². The van der Waals surface area contributed by atoms with Gasteiger partial charge in [-0.05, 0) is 313 Å². The van der Waals surface area contributed by atoms with E-state index >= 15 is 0 Å². The molecular formula is C125H162O2S9+6. The molecule has 2 nitrogen and oxygen atoms in total. The molecule has 12 aromatic rings. The third kappa shape index (κ3) is 33.3. The number of hydrogen-bond donors (Lipinski definition) is 0. The summed E-state index contributed by atoms with van der Waals surface area (Å²) >= 11 is 6.30. The van der Waals surface area contributed by atoms with Gasteiger partial charge in [0.2, 0.25) is 0 Å². The van der Waals surface area contributed by atoms with Gasteiger partial charge < -0.3 is 9.47 Å². The maximum atomic E-state index is 6.28. The molecule has 3 heterocycles. The summed E-state index contributed by atoms with van der Waals surface area (Å²) in [7, 11) is 1.28. The third-order valence-corrected chi connectivity index (χ3v) is 44.0. The Kier molecular flexibility index (Phi) is 40.1. The molecule has 3 saturated heterocycles. The SMILES string of the molecule is CC(C)(C)Oc1ccc([S+]2CCSCC2)cc1.CC(C)(C)c1ccc([S+](c2ccc(C(C)(C)C)cc2)c2ccc(C(C)(C)C)cc2)cc1.CC(C)(C)c1ccc([S+](c2ccccc2)c2ccc(C(C)(C)C)cc2)cc1.CC(C)(C)c1ccc([S+]2CCSCC2)cc1.CC1(Oc2ccc([S+]3CCSCC3)cc2)CCCCC1.c1ccc([S+](c2ccccc2)c2ccc(C3CCCCC3)cc2)cc1. The first kappa shape index (κ1) is 108. The fraction of sp³-hybridized carbons (Fsp3) is 0.424. The Morgan fingerprint density at radius 2 is 0.471 bits per heavy atom. The van der Waals surface area contributed by atoms with Gasteiger partial charge in [-0.1, -0.05) is 290 Å². The molecule has 0 aromatic heterocycles. The summed E-state index contributed by atoms with van der Waals surface area (Å²) in [5.74, 6) is 19.0. The molecule has 0 bridgehead atoms. The van der Waals surface area contributed by atoms with Crippen molar-refractivity contribution in [2.24, 2.45) is 0 Å². The van der Waals surface area contributed by atoms with Gasteiger partial charge in [0.05, 0.1) is 32.7 Å². The molecule has 5 fully saturated rings. The predicted octanol–water partition coefficient (Wildman–Crippen LogP) is 34.7. The maximum absolute atomic E-state index is 6.28. The molecule has 722 valence electrons. The van der Waals surface area contributed by atoms with Gasteiger partial charge in [-0.15, -0.1) is 0 Å². The molecule has 3 aliphatic heterocycles. The van der Waals surface area contributed by atoms with E-state index in [0.29, 0.717) is 32.7 Å². The van der Waals surface area contributed by atoms with Crippen LogP contribution in [0.3, 0.4) is 0 Å². The van der Waals surface area contributed by atoms with E-state index in [2.05, 4.69) is 497 Å². The van der Waals surface area contributed by atoms with Gasteiger partial charge in [0.1, 0.15) is 57.2 Å². The van der Waals surface area contributed by atoms with Crippen LogP contribution in [0.1, 0.15) is 261 Å². The average molecular weight is 1990 g/mol. The normalized spacial score (nSPS) is 16.2. The minimum absolute atomic E-state index is 0.0278. The van der Waals surface area contributed by atoms with Crippen LogP contribution in [0.15, 0.2) is 368 Å². The van der Waals surface area contributed by atoms with Crippen molar-refractivity contribution in [3.63, 3.8) is 0 Å². The molecular weight excluding hydrogens is 1820 g/mol. The molecule has 11 heteroatoms. The van der Waals surface area contributed by atoms with Crippen molar-refractivity contribution in [2.45, 2.75) is 325 Å². The summed E-state index contributed by atoms with van der Waals surface area (Å²) in [6, 6.07) is 116. The van der Waals surface area contributed by atoms with Gasteiger partial charge in [-0.25, -0.2) is 0 Å². The van der Waals surface area contributed by atoms with Gasteiger partial charge in [0, 0.05) is 67.2 Å². The van der Waals surface area contributed by atoms with Crippen molar-refractivity contribution in [1.29, 1.82) is 0 Å². The predicted molar refractivity (Wildman–Crippen MR) is 612 cm³/mol. The number of hydrogen-bond acceptors (Lipinski definition) is 5. The molecule has 136 heavy (non-hydrogen) atoms. The zero-order chi connectivity index (χ0) is 97.3. The molecule has 0 N–H and O–H groups in total. The standard InChI is InChI=1S/C30H39S.C26H31S.C24H25S.C17H25OS2.C14H21OS2.C14H21S2/c1-28(2,3)22-10-16-25(17-11-22)31(26-18-12-23(13-19-26)29(4,5)6)27-20-14-24(15-21-27)30(7,8)9;1-25(2,3)20-12-16-23(17-13-20)27(22-10-8-7-9-11-22)24-18-14-21(15-19-24)26(4,5)6;1-4-10-20(11-5-1)21-16-18-24(19-17-21)25(22-12-6-2-7-13-22)23-14-8-3-9-15-23;1-17(9-3-2-4-10-17)18-15-5-7-16(8-6-15)20-13-11-19-12-14-20;1-14(2,3)15-12-4-6-13(7-5-12)17-10-8-16-9-11-17;1-14(2,3)12-4-6-13(7-5-12)16-10-8-15-9-11-16/h10-21H,1-9H3;7-19H,1-6H3;2-3,6-9,12-20H,1,4-5,10-11H2;5-8H,2-4,9-14H2,1H3;4-7H,8-11H2,1-3H3;4-7H,8-11H2,1-3H3/q6*+1. The molecule has 17 rings (SSSR count). The van der Waals surface area contributed by atoms with Crippen molar-refractivity contribution in [2.75, 3.05) is 69.0 Å². The van der Waals surface area contributed by atoms with Crippen molar-refractivity contribution >= 4 is 101 Å². The Balaban J connectivity index is 0.000000149. The Hall–Kier alpha value is -6.61. The van der Waals surface area contributed by atoms with E-state index in [1.165, 1.54) is 226 Å². The largest absolute Gasteiger partial charge is 0.488 e. The number of thioether (sulfide) groups is 3. The van der Waals surface area contributed by atoms with Crippen molar-refractivity contribution < 1.29 is 9.47 Å². The zero-order valence-corrected chi connectivity index (χ0v) is 93.9. The Labute approximate surface area is 856 Å². The molecule has 0 radical (unpaired) electrons. The van der Waals surface area contributed by atoms with E-state index in [-0.39, 0.29) is 76.4 Å². The molecule has 12 aromatic carbocycles. The van der Waals surface area contributed by atoms with Gasteiger partial charge in [-0.2, -0.15) is 35.3 Å². The van der Waals surface area contributed by atoms with Gasteiger partial charge in [-0.3, -0.25) is 0 Å². The highest BCUT2D eigenvalue weighted by Gasteiger charge is 2.37. The highest BCUT2D eigenvalue weighted by Crippen LogP contribution is 2.42. The van der Waals surface area contributed by atoms with Crippen molar-refractivity contribution in [1.82, 2.24) is 0 Å². The monoisotopic (exact) mass is 1980 g/mol. The summed E-state index contributed by atoms with van der Waals surface area (Å²) in [6.45, 7) is 49.5. The molecule has 0 amide bonds. The number of benzene rings is 12. The quantitative estimate of drug-likeness (QED) is 0.0895. The van der Waals surface area contributed by atoms with E-state index in [1.807, 2.05) is 0 Å². The van der Waals surface area contributed by atoms with E-state index in [1.54, 1.807) is 4.90 Å². The van der Waals surface area contributed by atoms with Gasteiger partial charge >= 0.3 is 0 Å². The average Bonchev–Trinajstić information content (AvgIpc) is 0.796. The fourth-order valence-electron chi connectivity index (χ4n) is 17.5. The van der Waals surface area contributed by atoms with Crippen LogP contribution in [-0.2, 0) is 97.9 Å². The summed E-state index contributed by atoms with van der Waals surface area (Å²) in [5.41, 5.74) is 11.0. The number of ether oxygens (including phenoxy) is 2. The van der Waals surface area contributed by atoms with Crippen molar-refractivity contribution in [3.8, 4) is 11.5 Å². The Morgan fingerprint density at radius 3 is 0.721 bits per heavy atom. The highest BCUT2D eigenvalue weighted by atomic mass is 32.2. The minimum atomic E-state index is -0.120. The van der Waals surface area contributed by atoms with Crippen LogP contribution in [-0.4, -0.2) is 80.2 Å². The molecule has 5 aliphatic rings. The van der Waals surface area contributed by atoms with E-state index in [4.69, 9.17) is 9.47 Å².